The number of nitrogens with zero attached hydrogens (tertiary/aromatic N) is 3. The lowest BCUT2D eigenvalue weighted by molar-refractivity contribution is -0.120. The molecule has 1 saturated heterocycles. The van der Waals surface area contributed by atoms with E-state index in [0.717, 1.165) is 29.8 Å². The predicted molar refractivity (Wildman–Crippen MR) is 123 cm³/mol. The van der Waals surface area contributed by atoms with Crippen molar-refractivity contribution in [2.24, 2.45) is 0 Å². The lowest BCUT2D eigenvalue weighted by Crippen LogP contribution is -2.48. The van der Waals surface area contributed by atoms with E-state index in [-0.39, 0.29) is 18.4 Å². The van der Waals surface area contributed by atoms with Crippen LogP contribution in [0.25, 0.3) is 5.57 Å². The summed E-state index contributed by atoms with van der Waals surface area (Å²) in [5.41, 5.74) is 4.30. The predicted octanol–water partition coefficient (Wildman–Crippen LogP) is 2.21. The average Bonchev–Trinajstić information content (AvgIpc) is 3.04. The molecule has 2 aliphatic rings. The van der Waals surface area contributed by atoms with E-state index < -0.39 is 0 Å². The van der Waals surface area contributed by atoms with Crippen LogP contribution in [0, 0.1) is 13.8 Å². The third-order valence-corrected chi connectivity index (χ3v) is 6.15. The van der Waals surface area contributed by atoms with Crippen LogP contribution in [0.3, 0.4) is 0 Å². The Hall–Kier alpha value is -3.16. The van der Waals surface area contributed by atoms with E-state index in [2.05, 4.69) is 4.90 Å². The number of methoxy groups -OCH3 is 1. The standard InChI is InChI=1S/C25H29N3O4/c1-17-4-9-21(18(2)16-17)22-23(27-12-10-26(11-13-27)14-15-29)25(31)28(24(22)30)19-5-7-20(32-3)8-6-19/h4-9,16,29H,10-15H2,1-3H3. The molecule has 1 N–H and O–H groups in total. The second-order valence-corrected chi connectivity index (χ2v) is 8.24. The minimum Gasteiger partial charge on any atom is -0.497 e. The first-order chi connectivity index (χ1) is 15.4. The Balaban J connectivity index is 1.75. The molecule has 1 fully saturated rings. The number of carbonyl (C=O) groups excluding carboxylic acids is 2. The molecule has 0 saturated carbocycles. The largest absolute Gasteiger partial charge is 0.497 e. The first-order valence-electron chi connectivity index (χ1n) is 10.9. The van der Waals surface area contributed by atoms with Crippen molar-refractivity contribution < 1.29 is 19.4 Å². The average molecular weight is 436 g/mol. The molecule has 2 aromatic rings. The SMILES string of the molecule is COc1ccc(N2C(=O)C(c3ccc(C)cc3C)=C(N3CCN(CCO)CC3)C2=O)cc1. The third-order valence-electron chi connectivity index (χ3n) is 6.15. The highest BCUT2D eigenvalue weighted by Gasteiger charge is 2.43. The Kier molecular flexibility index (Phi) is 6.30. The van der Waals surface area contributed by atoms with Crippen molar-refractivity contribution in [2.45, 2.75) is 13.8 Å². The number of aryl methyl sites for hydroxylation is 2. The molecule has 2 heterocycles. The minimum absolute atomic E-state index is 0.110. The van der Waals surface area contributed by atoms with Crippen molar-refractivity contribution in [1.82, 2.24) is 9.80 Å². The van der Waals surface area contributed by atoms with Crippen molar-refractivity contribution >= 4 is 23.1 Å². The van der Waals surface area contributed by atoms with E-state index in [9.17, 15) is 14.7 Å². The number of β-amino-alcohol motifs (C(OH)–C–C–N with tert-alkyl or cyclic N) is 1. The molecule has 4 rings (SSSR count). The Morgan fingerprint density at radius 2 is 1.62 bits per heavy atom. The van der Waals surface area contributed by atoms with Gasteiger partial charge in [0.1, 0.15) is 11.4 Å². The zero-order valence-corrected chi connectivity index (χ0v) is 18.8. The Bertz CT molecular complexity index is 1050. The molecule has 2 aromatic carbocycles. The minimum atomic E-state index is -0.306. The van der Waals surface area contributed by atoms with Gasteiger partial charge in [0.05, 0.1) is 25.0 Å². The maximum Gasteiger partial charge on any atom is 0.282 e. The fourth-order valence-corrected chi connectivity index (χ4v) is 4.45. The van der Waals surface area contributed by atoms with Crippen LogP contribution in [0.15, 0.2) is 48.2 Å². The summed E-state index contributed by atoms with van der Waals surface area (Å²) < 4.78 is 5.22. The molecule has 7 heteroatoms. The number of carbonyl (C=O) groups is 2. The van der Waals surface area contributed by atoms with Crippen molar-refractivity contribution in [3.63, 3.8) is 0 Å². The van der Waals surface area contributed by atoms with Crippen LogP contribution in [0.2, 0.25) is 0 Å². The van der Waals surface area contributed by atoms with Gasteiger partial charge in [-0.2, -0.15) is 0 Å². The van der Waals surface area contributed by atoms with Gasteiger partial charge in [-0.05, 0) is 49.2 Å². The molecule has 2 aliphatic heterocycles. The summed E-state index contributed by atoms with van der Waals surface area (Å²) in [5.74, 6) is 0.0568. The first kappa shape index (κ1) is 22.0. The maximum absolute atomic E-state index is 13.7. The molecule has 0 spiro atoms. The number of rotatable bonds is 6. The van der Waals surface area contributed by atoms with E-state index in [4.69, 9.17) is 4.74 Å². The molecule has 0 radical (unpaired) electrons. The van der Waals surface area contributed by atoms with Crippen LogP contribution in [0.1, 0.15) is 16.7 Å². The summed E-state index contributed by atoms with van der Waals surface area (Å²) in [6.45, 7) is 7.42. The number of hydrogen-bond donors (Lipinski definition) is 1. The van der Waals surface area contributed by atoms with Crippen LogP contribution in [0.4, 0.5) is 5.69 Å². The number of amides is 2. The quantitative estimate of drug-likeness (QED) is 0.702. The normalized spacial score (nSPS) is 17.5. The topological polar surface area (TPSA) is 73.3 Å². The first-order valence-corrected chi connectivity index (χ1v) is 10.9. The summed E-state index contributed by atoms with van der Waals surface area (Å²) in [4.78, 5) is 32.8. The molecular weight excluding hydrogens is 406 g/mol. The summed E-state index contributed by atoms with van der Waals surface area (Å²) in [7, 11) is 1.58. The van der Waals surface area contributed by atoms with Crippen LogP contribution < -0.4 is 9.64 Å². The van der Waals surface area contributed by atoms with Crippen molar-refractivity contribution in [3.05, 3.63) is 64.9 Å². The van der Waals surface area contributed by atoms with E-state index in [1.807, 2.05) is 36.9 Å². The number of piperazine rings is 1. The molecule has 0 atom stereocenters. The van der Waals surface area contributed by atoms with Crippen LogP contribution in [0.5, 0.6) is 5.75 Å². The van der Waals surface area contributed by atoms with Gasteiger partial charge in [0.25, 0.3) is 11.8 Å². The molecule has 0 unspecified atom stereocenters. The summed E-state index contributed by atoms with van der Waals surface area (Å²) >= 11 is 0. The number of benzene rings is 2. The van der Waals surface area contributed by atoms with Gasteiger partial charge in [-0.1, -0.05) is 23.8 Å². The monoisotopic (exact) mass is 435 g/mol. The zero-order chi connectivity index (χ0) is 22.8. The number of ether oxygens (including phenoxy) is 1. The second-order valence-electron chi connectivity index (χ2n) is 8.24. The number of aliphatic hydroxyl groups excluding tert-OH is 1. The van der Waals surface area contributed by atoms with Gasteiger partial charge in [-0.3, -0.25) is 14.5 Å². The molecule has 32 heavy (non-hydrogen) atoms. The van der Waals surface area contributed by atoms with Gasteiger partial charge in [0, 0.05) is 32.7 Å². The second kappa shape index (κ2) is 9.14. The Morgan fingerprint density at radius 1 is 0.938 bits per heavy atom. The van der Waals surface area contributed by atoms with Gasteiger partial charge >= 0.3 is 0 Å². The highest BCUT2D eigenvalue weighted by atomic mass is 16.5. The van der Waals surface area contributed by atoms with E-state index in [1.54, 1.807) is 31.4 Å². The number of anilines is 1. The highest BCUT2D eigenvalue weighted by molar-refractivity contribution is 6.45. The van der Waals surface area contributed by atoms with Gasteiger partial charge < -0.3 is 14.7 Å². The van der Waals surface area contributed by atoms with Gasteiger partial charge in [0.2, 0.25) is 0 Å². The number of hydrogen-bond acceptors (Lipinski definition) is 6. The lowest BCUT2D eigenvalue weighted by Gasteiger charge is -2.36. The van der Waals surface area contributed by atoms with Gasteiger partial charge in [-0.25, -0.2) is 4.90 Å². The summed E-state index contributed by atoms with van der Waals surface area (Å²) in [5, 5.41) is 9.24. The lowest BCUT2D eigenvalue weighted by atomic mass is 9.97. The van der Waals surface area contributed by atoms with Gasteiger partial charge in [-0.15, -0.1) is 0 Å². The number of aliphatic hydroxyl groups is 1. The van der Waals surface area contributed by atoms with E-state index in [0.29, 0.717) is 42.3 Å². The smallest absolute Gasteiger partial charge is 0.282 e. The van der Waals surface area contributed by atoms with Crippen molar-refractivity contribution in [2.75, 3.05) is 51.3 Å². The zero-order valence-electron chi connectivity index (χ0n) is 18.8. The molecule has 7 nitrogen and oxygen atoms in total. The summed E-state index contributed by atoms with van der Waals surface area (Å²) in [6.07, 6.45) is 0. The van der Waals surface area contributed by atoms with Crippen LogP contribution in [-0.4, -0.2) is 73.2 Å². The Labute approximate surface area is 188 Å². The molecule has 2 amide bonds. The molecule has 0 aliphatic carbocycles. The molecule has 0 bridgehead atoms. The van der Waals surface area contributed by atoms with Gasteiger partial charge in [0.15, 0.2) is 0 Å². The Morgan fingerprint density at radius 3 is 2.22 bits per heavy atom. The van der Waals surface area contributed by atoms with Crippen molar-refractivity contribution in [1.29, 1.82) is 0 Å². The van der Waals surface area contributed by atoms with E-state index >= 15 is 0 Å². The molecule has 0 aromatic heterocycles. The van der Waals surface area contributed by atoms with Crippen molar-refractivity contribution in [3.8, 4) is 5.75 Å². The fraction of sp³-hybridized carbons (Fsp3) is 0.360. The number of imide groups is 1. The van der Waals surface area contributed by atoms with E-state index in [1.165, 1.54) is 4.90 Å². The molecular formula is C25H29N3O4. The molecule has 168 valence electrons. The maximum atomic E-state index is 13.7. The van der Waals surface area contributed by atoms with Crippen LogP contribution >= 0.6 is 0 Å². The van der Waals surface area contributed by atoms with Crippen LogP contribution in [-0.2, 0) is 9.59 Å². The highest BCUT2D eigenvalue weighted by Crippen LogP contribution is 2.37. The summed E-state index contributed by atoms with van der Waals surface area (Å²) in [6, 6.07) is 12.9. The third kappa shape index (κ3) is 4.01. The fourth-order valence-electron chi connectivity index (χ4n) is 4.45.